The molecule has 0 saturated carbocycles. The first kappa shape index (κ1) is 19.3. The number of hydrogen-bond acceptors (Lipinski definition) is 6. The second-order valence-corrected chi connectivity index (χ2v) is 7.16. The average Bonchev–Trinajstić information content (AvgIpc) is 3.07. The molecular weight excluding hydrogens is 360 g/mol. The minimum absolute atomic E-state index is 0.0114. The summed E-state index contributed by atoms with van der Waals surface area (Å²) < 4.78 is 31.1. The zero-order valence-corrected chi connectivity index (χ0v) is 14.8. The summed E-state index contributed by atoms with van der Waals surface area (Å²) in [7, 11) is -3.94. The van der Waals surface area contributed by atoms with Crippen molar-refractivity contribution >= 4 is 33.3 Å². The van der Waals surface area contributed by atoms with Crippen LogP contribution in [0.15, 0.2) is 58.7 Å². The van der Waals surface area contributed by atoms with Crippen LogP contribution < -0.4 is 10.6 Å². The summed E-state index contributed by atoms with van der Waals surface area (Å²) >= 11 is 0. The molecule has 0 atom stereocenters. The van der Waals surface area contributed by atoms with E-state index >= 15 is 0 Å². The van der Waals surface area contributed by atoms with Crippen LogP contribution in [0.25, 0.3) is 0 Å². The van der Waals surface area contributed by atoms with Crippen molar-refractivity contribution in [2.45, 2.75) is 11.8 Å². The Bertz CT molecular complexity index is 876. The highest BCUT2D eigenvalue weighted by Gasteiger charge is 2.26. The Kier molecular flexibility index (Phi) is 6.26. The second-order valence-electron chi connectivity index (χ2n) is 5.22. The molecular formula is C16H18N4O5S. The maximum atomic E-state index is 12.8. The molecule has 0 aliphatic carbocycles. The van der Waals surface area contributed by atoms with Gasteiger partial charge in [-0.1, -0.05) is 11.2 Å². The SMILES string of the molecule is C=CCN(CC(=O)Nc1ccon1)S(=O)(=O)c1ccc(NC(C)=O)cc1. The van der Waals surface area contributed by atoms with E-state index in [0.717, 1.165) is 4.31 Å². The predicted octanol–water partition coefficient (Wildman–Crippen LogP) is 1.45. The van der Waals surface area contributed by atoms with Crippen molar-refractivity contribution in [3.63, 3.8) is 0 Å². The number of nitrogens with zero attached hydrogens (tertiary/aromatic N) is 2. The summed E-state index contributed by atoms with van der Waals surface area (Å²) in [5.41, 5.74) is 0.468. The predicted molar refractivity (Wildman–Crippen MR) is 94.8 cm³/mol. The monoisotopic (exact) mass is 378 g/mol. The van der Waals surface area contributed by atoms with Gasteiger partial charge in [0.15, 0.2) is 5.82 Å². The van der Waals surface area contributed by atoms with Crippen molar-refractivity contribution in [3.05, 3.63) is 49.2 Å². The summed E-state index contributed by atoms with van der Waals surface area (Å²) in [5, 5.41) is 8.52. The lowest BCUT2D eigenvalue weighted by atomic mass is 10.3. The Balaban J connectivity index is 2.16. The van der Waals surface area contributed by atoms with Crippen molar-refractivity contribution in [3.8, 4) is 0 Å². The largest absolute Gasteiger partial charge is 0.363 e. The maximum Gasteiger partial charge on any atom is 0.243 e. The van der Waals surface area contributed by atoms with Gasteiger partial charge >= 0.3 is 0 Å². The Morgan fingerprint density at radius 2 is 1.92 bits per heavy atom. The first-order chi connectivity index (χ1) is 12.3. The van der Waals surface area contributed by atoms with E-state index in [1.165, 1.54) is 49.6 Å². The van der Waals surface area contributed by atoms with Gasteiger partial charge in [-0.15, -0.1) is 6.58 Å². The number of aromatic nitrogens is 1. The van der Waals surface area contributed by atoms with Gasteiger partial charge in [-0.2, -0.15) is 4.31 Å². The Morgan fingerprint density at radius 3 is 2.46 bits per heavy atom. The lowest BCUT2D eigenvalue weighted by Gasteiger charge is -2.20. The molecule has 2 amide bonds. The molecule has 138 valence electrons. The quantitative estimate of drug-likeness (QED) is 0.671. The summed E-state index contributed by atoms with van der Waals surface area (Å²) in [4.78, 5) is 23.1. The van der Waals surface area contributed by atoms with E-state index in [1.807, 2.05) is 0 Å². The molecule has 0 saturated heterocycles. The molecule has 0 aliphatic rings. The number of rotatable bonds is 8. The molecule has 2 aromatic rings. The van der Waals surface area contributed by atoms with Crippen LogP contribution in [0.5, 0.6) is 0 Å². The minimum Gasteiger partial charge on any atom is -0.363 e. The smallest absolute Gasteiger partial charge is 0.243 e. The molecule has 26 heavy (non-hydrogen) atoms. The average molecular weight is 378 g/mol. The molecule has 1 heterocycles. The highest BCUT2D eigenvalue weighted by atomic mass is 32.2. The van der Waals surface area contributed by atoms with Crippen molar-refractivity contribution < 1.29 is 22.5 Å². The van der Waals surface area contributed by atoms with Gasteiger partial charge in [0.1, 0.15) is 6.26 Å². The van der Waals surface area contributed by atoms with Gasteiger partial charge in [0.05, 0.1) is 11.4 Å². The van der Waals surface area contributed by atoms with E-state index < -0.39 is 22.5 Å². The van der Waals surface area contributed by atoms with Crippen LogP contribution in [0.2, 0.25) is 0 Å². The number of carbonyl (C=O) groups is 2. The van der Waals surface area contributed by atoms with Gasteiger partial charge < -0.3 is 15.2 Å². The number of anilines is 2. The molecule has 0 bridgehead atoms. The molecule has 1 aromatic heterocycles. The summed E-state index contributed by atoms with van der Waals surface area (Å²) in [6.07, 6.45) is 2.66. The van der Waals surface area contributed by atoms with Crippen LogP contribution in [0, 0.1) is 0 Å². The Morgan fingerprint density at radius 1 is 1.23 bits per heavy atom. The van der Waals surface area contributed by atoms with Gasteiger partial charge in [-0.25, -0.2) is 8.42 Å². The number of hydrogen-bond donors (Lipinski definition) is 2. The molecule has 2 rings (SSSR count). The normalized spacial score (nSPS) is 11.2. The fourth-order valence-corrected chi connectivity index (χ4v) is 3.44. The van der Waals surface area contributed by atoms with E-state index in [2.05, 4.69) is 26.9 Å². The van der Waals surface area contributed by atoms with Gasteiger partial charge in [0.2, 0.25) is 21.8 Å². The first-order valence-electron chi connectivity index (χ1n) is 7.52. The molecule has 0 unspecified atom stereocenters. The van der Waals surface area contributed by atoms with Gasteiger partial charge in [0, 0.05) is 25.2 Å². The number of nitrogens with one attached hydrogen (secondary N) is 2. The molecule has 0 aliphatic heterocycles. The summed E-state index contributed by atoms with van der Waals surface area (Å²) in [6, 6.07) is 7.08. The van der Waals surface area contributed by atoms with Crippen molar-refractivity contribution in [2.75, 3.05) is 23.7 Å². The zero-order chi connectivity index (χ0) is 19.2. The second kappa shape index (κ2) is 8.41. The summed E-state index contributed by atoms with van der Waals surface area (Å²) in [5.74, 6) is -0.650. The number of sulfonamides is 1. The Hall–Kier alpha value is -2.98. The van der Waals surface area contributed by atoms with Crippen LogP contribution in [0.4, 0.5) is 11.5 Å². The molecule has 0 fully saturated rings. The topological polar surface area (TPSA) is 122 Å². The standard InChI is InChI=1S/C16H18N4O5S/c1-3-9-20(11-16(22)18-15-8-10-25-19-15)26(23,24)14-6-4-13(5-7-14)17-12(2)21/h3-8,10H,1,9,11H2,2H3,(H,17,21)(H,18,19,22). The number of carbonyl (C=O) groups excluding carboxylic acids is 2. The van der Waals surface area contributed by atoms with Crippen LogP contribution in [-0.4, -0.2) is 42.8 Å². The van der Waals surface area contributed by atoms with E-state index in [4.69, 9.17) is 0 Å². The van der Waals surface area contributed by atoms with E-state index in [1.54, 1.807) is 0 Å². The highest BCUT2D eigenvalue weighted by molar-refractivity contribution is 7.89. The van der Waals surface area contributed by atoms with Gasteiger partial charge in [0.25, 0.3) is 0 Å². The third-order valence-electron chi connectivity index (χ3n) is 3.17. The zero-order valence-electron chi connectivity index (χ0n) is 14.0. The minimum atomic E-state index is -3.94. The van der Waals surface area contributed by atoms with Crippen LogP contribution >= 0.6 is 0 Å². The van der Waals surface area contributed by atoms with Crippen LogP contribution in [0.1, 0.15) is 6.92 Å². The highest BCUT2D eigenvalue weighted by Crippen LogP contribution is 2.18. The lowest BCUT2D eigenvalue weighted by Crippen LogP contribution is -2.38. The van der Waals surface area contributed by atoms with Crippen LogP contribution in [-0.2, 0) is 19.6 Å². The number of amides is 2. The van der Waals surface area contributed by atoms with Crippen molar-refractivity contribution in [2.24, 2.45) is 0 Å². The molecule has 0 radical (unpaired) electrons. The lowest BCUT2D eigenvalue weighted by molar-refractivity contribution is -0.116. The molecule has 2 N–H and O–H groups in total. The number of benzene rings is 1. The molecule has 1 aromatic carbocycles. The van der Waals surface area contributed by atoms with E-state index in [9.17, 15) is 18.0 Å². The first-order valence-corrected chi connectivity index (χ1v) is 8.96. The Labute approximate surface area is 150 Å². The molecule has 10 heteroatoms. The summed E-state index contributed by atoms with van der Waals surface area (Å²) in [6.45, 7) is 4.40. The van der Waals surface area contributed by atoms with Crippen LogP contribution in [0.3, 0.4) is 0 Å². The van der Waals surface area contributed by atoms with Crippen molar-refractivity contribution in [1.82, 2.24) is 9.46 Å². The van der Waals surface area contributed by atoms with E-state index in [0.29, 0.717) is 5.69 Å². The van der Waals surface area contributed by atoms with E-state index in [-0.39, 0.29) is 23.2 Å². The van der Waals surface area contributed by atoms with Gasteiger partial charge in [-0.05, 0) is 24.3 Å². The molecule has 0 spiro atoms. The third kappa shape index (κ3) is 5.01. The maximum absolute atomic E-state index is 12.8. The van der Waals surface area contributed by atoms with Gasteiger partial charge in [-0.3, -0.25) is 9.59 Å². The molecule has 9 nitrogen and oxygen atoms in total. The third-order valence-corrected chi connectivity index (χ3v) is 5.00. The fraction of sp³-hybridized carbons (Fsp3) is 0.188. The van der Waals surface area contributed by atoms with Crippen molar-refractivity contribution in [1.29, 1.82) is 0 Å². The fourth-order valence-electron chi connectivity index (χ4n) is 2.07.